The zero-order chi connectivity index (χ0) is 13.1. The summed E-state index contributed by atoms with van der Waals surface area (Å²) in [5, 5.41) is 13.8. The van der Waals surface area contributed by atoms with Gasteiger partial charge in [-0.15, -0.1) is 0 Å². The molecular formula is C17H25NO. The zero-order valence-corrected chi connectivity index (χ0v) is 11.6. The van der Waals surface area contributed by atoms with Crippen LogP contribution in [0.15, 0.2) is 30.3 Å². The summed E-state index contributed by atoms with van der Waals surface area (Å²) in [6.07, 6.45) is 8.26. The van der Waals surface area contributed by atoms with E-state index in [1.807, 2.05) is 0 Å². The van der Waals surface area contributed by atoms with Crippen molar-refractivity contribution in [3.8, 4) is 0 Å². The van der Waals surface area contributed by atoms with E-state index in [4.69, 9.17) is 0 Å². The van der Waals surface area contributed by atoms with Gasteiger partial charge in [0.05, 0.1) is 5.60 Å². The first-order valence-electron chi connectivity index (χ1n) is 7.75. The summed E-state index contributed by atoms with van der Waals surface area (Å²) >= 11 is 0. The molecule has 0 aromatic heterocycles. The number of aliphatic hydroxyl groups is 1. The van der Waals surface area contributed by atoms with Crippen molar-refractivity contribution in [3.05, 3.63) is 35.9 Å². The van der Waals surface area contributed by atoms with Gasteiger partial charge in [-0.05, 0) is 50.0 Å². The molecule has 19 heavy (non-hydrogen) atoms. The molecule has 2 aliphatic rings. The Balaban J connectivity index is 1.53. The van der Waals surface area contributed by atoms with Crippen molar-refractivity contribution < 1.29 is 5.11 Å². The summed E-state index contributed by atoms with van der Waals surface area (Å²) in [6.45, 7) is 0.795. The smallest absolute Gasteiger partial charge is 0.0771 e. The fraction of sp³-hybridized carbons (Fsp3) is 0.647. The van der Waals surface area contributed by atoms with Crippen LogP contribution in [-0.2, 0) is 6.42 Å². The molecule has 0 radical (unpaired) electrons. The Bertz CT molecular complexity index is 399. The van der Waals surface area contributed by atoms with Crippen molar-refractivity contribution in [1.82, 2.24) is 5.32 Å². The number of benzene rings is 1. The topological polar surface area (TPSA) is 32.3 Å². The molecule has 3 rings (SSSR count). The second-order valence-electron chi connectivity index (χ2n) is 6.45. The lowest BCUT2D eigenvalue weighted by molar-refractivity contribution is -0.0339. The van der Waals surface area contributed by atoms with Gasteiger partial charge in [0, 0.05) is 12.6 Å². The Morgan fingerprint density at radius 1 is 1.11 bits per heavy atom. The van der Waals surface area contributed by atoms with Crippen LogP contribution in [-0.4, -0.2) is 23.3 Å². The molecule has 0 spiro atoms. The summed E-state index contributed by atoms with van der Waals surface area (Å²) < 4.78 is 0. The van der Waals surface area contributed by atoms with E-state index < -0.39 is 0 Å². The molecule has 2 atom stereocenters. The molecular weight excluding hydrogens is 234 g/mol. The molecule has 2 unspecified atom stereocenters. The molecule has 1 aromatic carbocycles. The molecule has 2 nitrogen and oxygen atoms in total. The van der Waals surface area contributed by atoms with Crippen LogP contribution in [0.3, 0.4) is 0 Å². The number of hydrogen-bond acceptors (Lipinski definition) is 2. The SMILES string of the molecule is OC1(CNC2CCCC2Cc2ccccc2)CCC1. The summed E-state index contributed by atoms with van der Waals surface area (Å²) in [5.41, 5.74) is 1.06. The Morgan fingerprint density at radius 2 is 1.89 bits per heavy atom. The highest BCUT2D eigenvalue weighted by molar-refractivity contribution is 5.16. The molecule has 0 aliphatic heterocycles. The van der Waals surface area contributed by atoms with Gasteiger partial charge in [0.1, 0.15) is 0 Å². The monoisotopic (exact) mass is 259 g/mol. The third-order valence-corrected chi connectivity index (χ3v) is 4.98. The maximum Gasteiger partial charge on any atom is 0.0771 e. The first-order chi connectivity index (χ1) is 9.25. The summed E-state index contributed by atoms with van der Waals surface area (Å²) in [4.78, 5) is 0. The minimum atomic E-state index is -0.389. The molecule has 2 heteroatoms. The lowest BCUT2D eigenvalue weighted by atomic mass is 9.80. The highest BCUT2D eigenvalue weighted by Gasteiger charge is 2.36. The van der Waals surface area contributed by atoms with Crippen LogP contribution in [0.2, 0.25) is 0 Å². The molecule has 1 aromatic rings. The van der Waals surface area contributed by atoms with Crippen molar-refractivity contribution in [2.24, 2.45) is 5.92 Å². The molecule has 2 saturated carbocycles. The standard InChI is InChI=1S/C17H25NO/c19-17(10-5-11-17)13-18-16-9-4-8-15(16)12-14-6-2-1-3-7-14/h1-3,6-7,15-16,18-19H,4-5,8-13H2. The lowest BCUT2D eigenvalue weighted by Crippen LogP contribution is -2.49. The van der Waals surface area contributed by atoms with E-state index in [9.17, 15) is 5.11 Å². The van der Waals surface area contributed by atoms with Crippen LogP contribution in [0, 0.1) is 5.92 Å². The van der Waals surface area contributed by atoms with Gasteiger partial charge in [-0.25, -0.2) is 0 Å². The maximum absolute atomic E-state index is 10.2. The van der Waals surface area contributed by atoms with Gasteiger partial charge in [0.25, 0.3) is 0 Å². The molecule has 0 saturated heterocycles. The summed E-state index contributed by atoms with van der Waals surface area (Å²) in [6, 6.07) is 11.4. The first kappa shape index (κ1) is 13.1. The highest BCUT2D eigenvalue weighted by Crippen LogP contribution is 2.33. The van der Waals surface area contributed by atoms with Crippen LogP contribution in [0.25, 0.3) is 0 Å². The van der Waals surface area contributed by atoms with Gasteiger partial charge in [0.2, 0.25) is 0 Å². The largest absolute Gasteiger partial charge is 0.389 e. The first-order valence-corrected chi connectivity index (χ1v) is 7.75. The molecule has 0 amide bonds. The molecule has 2 fully saturated rings. The van der Waals surface area contributed by atoms with Crippen molar-refractivity contribution in [2.45, 2.75) is 56.6 Å². The van der Waals surface area contributed by atoms with Crippen molar-refractivity contribution >= 4 is 0 Å². The summed E-state index contributed by atoms with van der Waals surface area (Å²) in [7, 11) is 0. The van der Waals surface area contributed by atoms with Crippen molar-refractivity contribution in [1.29, 1.82) is 0 Å². The van der Waals surface area contributed by atoms with Crippen LogP contribution >= 0.6 is 0 Å². The number of nitrogens with one attached hydrogen (secondary N) is 1. The average Bonchev–Trinajstić information content (AvgIpc) is 2.83. The van der Waals surface area contributed by atoms with Crippen molar-refractivity contribution in [3.63, 3.8) is 0 Å². The lowest BCUT2D eigenvalue weighted by Gasteiger charge is -2.38. The van der Waals surface area contributed by atoms with Gasteiger partial charge in [-0.2, -0.15) is 0 Å². The zero-order valence-electron chi connectivity index (χ0n) is 11.6. The van der Waals surface area contributed by atoms with Gasteiger partial charge in [-0.1, -0.05) is 36.8 Å². The van der Waals surface area contributed by atoms with E-state index in [2.05, 4.69) is 35.6 Å². The van der Waals surface area contributed by atoms with Crippen LogP contribution in [0.5, 0.6) is 0 Å². The molecule has 2 N–H and O–H groups in total. The van der Waals surface area contributed by atoms with Gasteiger partial charge in [0.15, 0.2) is 0 Å². The highest BCUT2D eigenvalue weighted by atomic mass is 16.3. The van der Waals surface area contributed by atoms with E-state index in [0.29, 0.717) is 6.04 Å². The van der Waals surface area contributed by atoms with E-state index in [0.717, 1.165) is 25.3 Å². The minimum absolute atomic E-state index is 0.389. The summed E-state index contributed by atoms with van der Waals surface area (Å²) in [5.74, 6) is 0.742. The third kappa shape index (κ3) is 3.18. The van der Waals surface area contributed by atoms with Crippen LogP contribution in [0.1, 0.15) is 44.1 Å². The van der Waals surface area contributed by atoms with Gasteiger partial charge >= 0.3 is 0 Å². The second-order valence-corrected chi connectivity index (χ2v) is 6.45. The number of hydrogen-bond donors (Lipinski definition) is 2. The maximum atomic E-state index is 10.2. The van der Waals surface area contributed by atoms with Crippen LogP contribution < -0.4 is 5.32 Å². The average molecular weight is 259 g/mol. The predicted molar refractivity (Wildman–Crippen MR) is 78.1 cm³/mol. The minimum Gasteiger partial charge on any atom is -0.389 e. The molecule has 104 valence electrons. The molecule has 2 aliphatic carbocycles. The Morgan fingerprint density at radius 3 is 2.58 bits per heavy atom. The third-order valence-electron chi connectivity index (χ3n) is 4.98. The normalized spacial score (nSPS) is 29.1. The molecule has 0 heterocycles. The second kappa shape index (κ2) is 5.64. The van der Waals surface area contributed by atoms with E-state index in [1.54, 1.807) is 0 Å². The Labute approximate surface area is 116 Å². The fourth-order valence-electron chi connectivity index (χ4n) is 3.55. The van der Waals surface area contributed by atoms with E-state index in [1.165, 1.54) is 37.7 Å². The van der Waals surface area contributed by atoms with Gasteiger partial charge in [-0.3, -0.25) is 0 Å². The van der Waals surface area contributed by atoms with E-state index >= 15 is 0 Å². The quantitative estimate of drug-likeness (QED) is 0.852. The fourth-order valence-corrected chi connectivity index (χ4v) is 3.55. The molecule has 0 bridgehead atoms. The van der Waals surface area contributed by atoms with Crippen molar-refractivity contribution in [2.75, 3.05) is 6.54 Å². The van der Waals surface area contributed by atoms with Crippen LogP contribution in [0.4, 0.5) is 0 Å². The van der Waals surface area contributed by atoms with Gasteiger partial charge < -0.3 is 10.4 Å². The number of rotatable bonds is 5. The Kier molecular flexibility index (Phi) is 3.90. The predicted octanol–water partition coefficient (Wildman–Crippen LogP) is 2.90. The Hall–Kier alpha value is -0.860. The van der Waals surface area contributed by atoms with E-state index in [-0.39, 0.29) is 5.60 Å².